The molecule has 0 aromatic carbocycles. The first-order valence-corrected chi connectivity index (χ1v) is 50.0. The molecule has 110 heavy (non-hydrogen) atoms. The number of unbranched alkanes of at least 4 members (excludes halogenated alkanes) is 59. The predicted octanol–water partition coefficient (Wildman–Crippen LogP) is 28.2. The molecule has 17 nitrogen and oxygen atoms in total. The molecule has 0 saturated carbocycles. The first-order chi connectivity index (χ1) is 53.4. The fourth-order valence-electron chi connectivity index (χ4n) is 14.3. The molecule has 0 aromatic rings. The highest BCUT2D eigenvalue weighted by molar-refractivity contribution is 7.47. The second-order valence-corrected chi connectivity index (χ2v) is 36.3. The lowest BCUT2D eigenvalue weighted by atomic mass is 9.99. The molecule has 3 unspecified atom stereocenters. The Hall–Kier alpha value is -1.94. The van der Waals surface area contributed by atoms with Crippen molar-refractivity contribution < 1.29 is 80.2 Å². The van der Waals surface area contributed by atoms with Crippen molar-refractivity contribution in [2.45, 2.75) is 509 Å². The summed E-state index contributed by atoms with van der Waals surface area (Å²) in [4.78, 5) is 73.4. The predicted molar refractivity (Wildman–Crippen MR) is 455 cm³/mol. The van der Waals surface area contributed by atoms with Gasteiger partial charge in [0.2, 0.25) is 0 Å². The second kappa shape index (κ2) is 82.2. The van der Waals surface area contributed by atoms with Gasteiger partial charge in [-0.2, -0.15) is 0 Å². The van der Waals surface area contributed by atoms with Crippen molar-refractivity contribution in [2.24, 2.45) is 11.8 Å². The Morgan fingerprint density at radius 2 is 0.464 bits per heavy atom. The molecule has 0 rings (SSSR count). The van der Waals surface area contributed by atoms with Gasteiger partial charge in [-0.15, -0.1) is 0 Å². The van der Waals surface area contributed by atoms with Gasteiger partial charge in [-0.3, -0.25) is 37.3 Å². The van der Waals surface area contributed by atoms with Crippen molar-refractivity contribution in [3.63, 3.8) is 0 Å². The fourth-order valence-corrected chi connectivity index (χ4v) is 15.9. The minimum absolute atomic E-state index is 0.108. The molecule has 19 heteroatoms. The molecule has 0 fully saturated rings. The number of aliphatic hydroxyl groups is 1. The SMILES string of the molecule is CCCCCCCCCCCCCCCCCCCCCCC(=O)OC[C@H](COP(=O)(O)OC[C@@H](O)COP(=O)(O)OC[C@@H](COC(=O)CCCCCCCCCCCC(C)C)OC(=O)CCCCCCCCCCCCCCCCC(C)CC)OC(=O)CCCCCCCCCCCCCCCCCCCCCC. The third-order valence-corrected chi connectivity index (χ3v) is 23.7. The molecule has 0 spiro atoms. The molecule has 0 aromatic heterocycles. The minimum atomic E-state index is -4.97. The van der Waals surface area contributed by atoms with Crippen LogP contribution in [-0.4, -0.2) is 96.7 Å². The van der Waals surface area contributed by atoms with Crippen LogP contribution in [0, 0.1) is 11.8 Å². The molecule has 0 aliphatic carbocycles. The number of hydrogen-bond donors (Lipinski definition) is 3. The number of rotatable bonds is 90. The maximum absolute atomic E-state index is 13.2. The van der Waals surface area contributed by atoms with Crippen LogP contribution in [0.2, 0.25) is 0 Å². The van der Waals surface area contributed by atoms with Crippen molar-refractivity contribution in [3.8, 4) is 0 Å². The van der Waals surface area contributed by atoms with Crippen LogP contribution in [0.3, 0.4) is 0 Å². The molecule has 0 radical (unpaired) electrons. The largest absolute Gasteiger partial charge is 0.472 e. The van der Waals surface area contributed by atoms with Gasteiger partial charge in [0.05, 0.1) is 26.4 Å². The Kier molecular flexibility index (Phi) is 80.7. The van der Waals surface area contributed by atoms with Crippen molar-refractivity contribution in [2.75, 3.05) is 39.6 Å². The lowest BCUT2D eigenvalue weighted by molar-refractivity contribution is -0.161. The van der Waals surface area contributed by atoms with Crippen LogP contribution in [-0.2, 0) is 65.4 Å². The Balaban J connectivity index is 5.25. The molecule has 0 aliphatic rings. The summed E-state index contributed by atoms with van der Waals surface area (Å²) in [5.41, 5.74) is 0. The van der Waals surface area contributed by atoms with Gasteiger partial charge in [0.15, 0.2) is 12.2 Å². The quantitative estimate of drug-likeness (QED) is 0.0222. The highest BCUT2D eigenvalue weighted by atomic mass is 31.2. The summed E-state index contributed by atoms with van der Waals surface area (Å²) in [5, 5.41) is 10.7. The summed E-state index contributed by atoms with van der Waals surface area (Å²) in [6.07, 6.45) is 76.4. The van der Waals surface area contributed by atoms with Gasteiger partial charge < -0.3 is 33.8 Å². The van der Waals surface area contributed by atoms with E-state index in [2.05, 4.69) is 41.5 Å². The molecule has 0 amide bonds. The van der Waals surface area contributed by atoms with Crippen LogP contribution in [0.15, 0.2) is 0 Å². The molecule has 3 N–H and O–H groups in total. The van der Waals surface area contributed by atoms with Gasteiger partial charge in [-0.05, 0) is 37.5 Å². The normalized spacial score (nSPS) is 14.0. The number of hydrogen-bond acceptors (Lipinski definition) is 15. The molecular weight excluding hydrogens is 1430 g/mol. The summed E-state index contributed by atoms with van der Waals surface area (Å²) in [7, 11) is -9.94. The van der Waals surface area contributed by atoms with Gasteiger partial charge >= 0.3 is 39.5 Å². The third-order valence-electron chi connectivity index (χ3n) is 21.8. The van der Waals surface area contributed by atoms with Crippen molar-refractivity contribution in [3.05, 3.63) is 0 Å². The average Bonchev–Trinajstić information content (AvgIpc) is 0.897. The zero-order valence-electron chi connectivity index (χ0n) is 72.6. The van der Waals surface area contributed by atoms with Crippen LogP contribution in [0.4, 0.5) is 0 Å². The Bertz CT molecular complexity index is 2100. The molecule has 0 saturated heterocycles. The van der Waals surface area contributed by atoms with Gasteiger partial charge in [0.1, 0.15) is 19.3 Å². The lowest BCUT2D eigenvalue weighted by Gasteiger charge is -2.21. The van der Waals surface area contributed by atoms with E-state index < -0.39 is 97.5 Å². The number of ether oxygens (including phenoxy) is 4. The van der Waals surface area contributed by atoms with Gasteiger partial charge in [-0.25, -0.2) is 9.13 Å². The Labute approximate surface area is 677 Å². The number of esters is 4. The van der Waals surface area contributed by atoms with Crippen LogP contribution in [0.25, 0.3) is 0 Å². The van der Waals surface area contributed by atoms with Crippen LogP contribution < -0.4 is 0 Å². The fraction of sp³-hybridized carbons (Fsp3) is 0.956. The van der Waals surface area contributed by atoms with E-state index in [0.717, 1.165) is 102 Å². The average molecular weight is 1610 g/mol. The number of phosphoric ester groups is 2. The molecule has 0 aliphatic heterocycles. The van der Waals surface area contributed by atoms with Gasteiger partial charge in [0, 0.05) is 25.7 Å². The van der Waals surface area contributed by atoms with E-state index in [1.54, 1.807) is 0 Å². The summed E-state index contributed by atoms with van der Waals surface area (Å²) in [6.45, 7) is 9.74. The standard InChI is InChI=1S/C91H178O17P2/c1-7-10-12-14-16-18-20-22-24-26-28-30-32-34-39-43-49-55-61-67-73-88(93)101-79-86(107-90(95)75-69-63-57-50-44-40-35-33-31-29-27-25-23-21-19-17-15-13-11-8-2)81-105-109(97,98)103-77-85(92)78-104-110(99,100)106-82-87(80-102-89(94)74-68-62-56-52-46-47-53-59-65-71-83(4)5)108-91(96)76-70-64-58-51-45-41-37-36-38-42-48-54-60-66-72-84(6)9-3/h83-87,92H,7-82H2,1-6H3,(H,97,98)(H,99,100)/t84?,85-,86-,87-/m1/s1. The Morgan fingerprint density at radius 1 is 0.264 bits per heavy atom. The molecule has 6 atom stereocenters. The number of phosphoric acid groups is 2. The second-order valence-electron chi connectivity index (χ2n) is 33.4. The maximum atomic E-state index is 13.2. The number of aliphatic hydroxyl groups excluding tert-OH is 1. The summed E-state index contributed by atoms with van der Waals surface area (Å²) in [5.74, 6) is -0.507. The van der Waals surface area contributed by atoms with Crippen LogP contribution in [0.5, 0.6) is 0 Å². The zero-order valence-corrected chi connectivity index (χ0v) is 74.4. The third kappa shape index (κ3) is 82.6. The van der Waals surface area contributed by atoms with E-state index in [-0.39, 0.29) is 25.7 Å². The van der Waals surface area contributed by atoms with E-state index in [1.165, 1.54) is 308 Å². The van der Waals surface area contributed by atoms with Gasteiger partial charge in [0.25, 0.3) is 0 Å². The lowest BCUT2D eigenvalue weighted by Crippen LogP contribution is -2.30. The van der Waals surface area contributed by atoms with E-state index in [1.807, 2.05) is 0 Å². The maximum Gasteiger partial charge on any atom is 0.472 e. The molecule has 0 heterocycles. The summed E-state index contributed by atoms with van der Waals surface area (Å²) >= 11 is 0. The van der Waals surface area contributed by atoms with Crippen molar-refractivity contribution in [1.82, 2.24) is 0 Å². The van der Waals surface area contributed by atoms with Crippen molar-refractivity contribution in [1.29, 1.82) is 0 Å². The summed E-state index contributed by atoms with van der Waals surface area (Å²) < 4.78 is 69.1. The highest BCUT2D eigenvalue weighted by Gasteiger charge is 2.31. The molecular formula is C91H178O17P2. The van der Waals surface area contributed by atoms with E-state index in [9.17, 15) is 43.2 Å². The topological polar surface area (TPSA) is 237 Å². The minimum Gasteiger partial charge on any atom is -0.462 e. The van der Waals surface area contributed by atoms with Crippen molar-refractivity contribution >= 4 is 39.5 Å². The zero-order chi connectivity index (χ0) is 80.6. The van der Waals surface area contributed by atoms with E-state index >= 15 is 0 Å². The first-order valence-electron chi connectivity index (χ1n) is 47.0. The smallest absolute Gasteiger partial charge is 0.462 e. The first kappa shape index (κ1) is 108. The Morgan fingerprint density at radius 3 is 0.691 bits per heavy atom. The van der Waals surface area contributed by atoms with E-state index in [4.69, 9.17) is 37.0 Å². The van der Waals surface area contributed by atoms with E-state index in [0.29, 0.717) is 25.7 Å². The van der Waals surface area contributed by atoms with Gasteiger partial charge in [-0.1, -0.05) is 440 Å². The molecule has 0 bridgehead atoms. The van der Waals surface area contributed by atoms with Crippen LogP contribution >= 0.6 is 15.6 Å². The molecule has 654 valence electrons. The number of carbonyl (C=O) groups is 4. The van der Waals surface area contributed by atoms with Crippen LogP contribution in [0.1, 0.15) is 491 Å². The monoisotopic (exact) mass is 1610 g/mol. The highest BCUT2D eigenvalue weighted by Crippen LogP contribution is 2.45. The number of carbonyl (C=O) groups excluding carboxylic acids is 4. The summed E-state index contributed by atoms with van der Waals surface area (Å²) in [6, 6.07) is 0.